The molecule has 0 radical (unpaired) electrons. The summed E-state index contributed by atoms with van der Waals surface area (Å²) >= 11 is 2.06. The molecule has 0 spiro atoms. The molecule has 3 N–H and O–H groups in total. The van der Waals surface area contributed by atoms with Crippen molar-refractivity contribution in [3.8, 4) is 0 Å². The number of piperidine rings is 1. The van der Waals surface area contributed by atoms with Gasteiger partial charge in [-0.2, -0.15) is 0 Å². The lowest BCUT2D eigenvalue weighted by Crippen LogP contribution is -2.56. The molecule has 190 valence electrons. The molecule has 1 saturated heterocycles. The second-order valence-electron chi connectivity index (χ2n) is 8.83. The number of anilines is 1. The van der Waals surface area contributed by atoms with Gasteiger partial charge in [0.25, 0.3) is 11.7 Å². The molecule has 4 rings (SSSR count). The molecule has 2 aromatic carbocycles. The normalized spacial score (nSPS) is 18.7. The summed E-state index contributed by atoms with van der Waals surface area (Å²) in [7, 11) is -2.72. The lowest BCUT2D eigenvalue weighted by molar-refractivity contribution is -0.132. The monoisotopic (exact) mass is 623 g/mol. The second-order valence-corrected chi connectivity index (χ2v) is 12.2. The zero-order chi connectivity index (χ0) is 26.2. The molecule has 2 heterocycles. The SMILES string of the molecule is CN(C(=O)C(CN1C(=O)C(=O)c2ccccc21)S(=O)(=O)c1ccc(I)cc1)[C@H]1CCCN(C(=N)N)C1. The van der Waals surface area contributed by atoms with Gasteiger partial charge in [-0.25, -0.2) is 8.42 Å². The maximum atomic E-state index is 13.8. The minimum absolute atomic E-state index is 0.0464. The number of guanidine groups is 1. The summed E-state index contributed by atoms with van der Waals surface area (Å²) < 4.78 is 28.4. The topological polar surface area (TPSA) is 145 Å². The molecular weight excluding hydrogens is 597 g/mol. The van der Waals surface area contributed by atoms with E-state index in [2.05, 4.69) is 22.6 Å². The standard InChI is InChI=1S/C24H26IN5O5S/c1-28(16-5-4-12-29(13-16)24(26)27)22(32)20(36(34,35)17-10-8-15(25)9-11-17)14-30-19-7-3-2-6-18(19)21(31)23(30)33/h2-3,6-11,16,20H,4-5,12-14H2,1H3,(H3,26,27)/t16-,20?/m0/s1. The molecule has 1 fully saturated rings. The van der Waals surface area contributed by atoms with Gasteiger partial charge in [-0.05, 0) is 71.8 Å². The first-order chi connectivity index (χ1) is 17.0. The number of hydrogen-bond donors (Lipinski definition) is 2. The highest BCUT2D eigenvalue weighted by Gasteiger charge is 2.44. The molecule has 2 aliphatic rings. The van der Waals surface area contributed by atoms with Crippen LogP contribution < -0.4 is 10.6 Å². The van der Waals surface area contributed by atoms with E-state index >= 15 is 0 Å². The van der Waals surface area contributed by atoms with E-state index in [4.69, 9.17) is 11.1 Å². The summed E-state index contributed by atoms with van der Waals surface area (Å²) in [6, 6.07) is 12.1. The highest BCUT2D eigenvalue weighted by atomic mass is 127. The first-order valence-corrected chi connectivity index (χ1v) is 13.9. The minimum Gasteiger partial charge on any atom is -0.370 e. The van der Waals surface area contributed by atoms with E-state index in [1.807, 2.05) is 0 Å². The molecule has 2 atom stereocenters. The van der Waals surface area contributed by atoms with Crippen LogP contribution in [-0.4, -0.2) is 79.7 Å². The fourth-order valence-electron chi connectivity index (χ4n) is 4.59. The van der Waals surface area contributed by atoms with Crippen molar-refractivity contribution in [1.82, 2.24) is 9.80 Å². The number of likely N-dealkylation sites (tertiary alicyclic amines) is 1. The van der Waals surface area contributed by atoms with E-state index in [9.17, 15) is 22.8 Å². The van der Waals surface area contributed by atoms with Crippen LogP contribution in [0.2, 0.25) is 0 Å². The van der Waals surface area contributed by atoms with Crippen molar-refractivity contribution in [3.63, 3.8) is 0 Å². The number of benzene rings is 2. The predicted octanol–water partition coefficient (Wildman–Crippen LogP) is 1.48. The van der Waals surface area contributed by atoms with Crippen molar-refractivity contribution in [1.29, 1.82) is 5.41 Å². The fourth-order valence-corrected chi connectivity index (χ4v) is 6.57. The third-order valence-electron chi connectivity index (χ3n) is 6.65. The van der Waals surface area contributed by atoms with Crippen molar-refractivity contribution in [3.05, 3.63) is 57.7 Å². The van der Waals surface area contributed by atoms with Crippen LogP contribution in [0.15, 0.2) is 53.4 Å². The van der Waals surface area contributed by atoms with Gasteiger partial charge < -0.3 is 20.4 Å². The van der Waals surface area contributed by atoms with Gasteiger partial charge >= 0.3 is 0 Å². The van der Waals surface area contributed by atoms with Gasteiger partial charge in [-0.3, -0.25) is 19.8 Å². The number of halogens is 1. The average molecular weight is 623 g/mol. The molecule has 12 heteroatoms. The molecule has 1 unspecified atom stereocenters. The van der Waals surface area contributed by atoms with Crippen LogP contribution in [-0.2, 0) is 19.4 Å². The molecule has 36 heavy (non-hydrogen) atoms. The van der Waals surface area contributed by atoms with Gasteiger partial charge in [-0.15, -0.1) is 0 Å². The van der Waals surface area contributed by atoms with Gasteiger partial charge in [0.15, 0.2) is 21.0 Å². The first-order valence-electron chi connectivity index (χ1n) is 11.3. The number of ketones is 1. The number of amides is 2. The Kier molecular flexibility index (Phi) is 7.36. The molecule has 0 bridgehead atoms. The summed E-state index contributed by atoms with van der Waals surface area (Å²) in [5.74, 6) is -2.40. The van der Waals surface area contributed by atoms with E-state index in [0.717, 1.165) is 8.47 Å². The van der Waals surface area contributed by atoms with Gasteiger partial charge in [-0.1, -0.05) is 12.1 Å². The Morgan fingerprint density at radius 1 is 1.19 bits per heavy atom. The molecule has 10 nitrogen and oxygen atoms in total. The zero-order valence-electron chi connectivity index (χ0n) is 19.6. The number of nitrogens with one attached hydrogen (secondary N) is 1. The van der Waals surface area contributed by atoms with Gasteiger partial charge in [0.1, 0.15) is 0 Å². The van der Waals surface area contributed by atoms with Crippen LogP contribution in [0.3, 0.4) is 0 Å². The summed E-state index contributed by atoms with van der Waals surface area (Å²) in [6.07, 6.45) is 1.30. The number of carbonyl (C=O) groups is 3. The zero-order valence-corrected chi connectivity index (χ0v) is 22.5. The average Bonchev–Trinajstić information content (AvgIpc) is 3.11. The highest BCUT2D eigenvalue weighted by molar-refractivity contribution is 14.1. The molecule has 0 aromatic heterocycles. The van der Waals surface area contributed by atoms with Gasteiger partial charge in [0.05, 0.1) is 22.7 Å². The smallest absolute Gasteiger partial charge is 0.299 e. The number of hydrogen-bond acceptors (Lipinski definition) is 6. The molecule has 2 aliphatic heterocycles. The number of likely N-dealkylation sites (N-methyl/N-ethyl adjacent to an activating group) is 1. The number of nitrogens with zero attached hydrogens (tertiary/aromatic N) is 3. The minimum atomic E-state index is -4.24. The summed E-state index contributed by atoms with van der Waals surface area (Å²) in [5, 5.41) is 6.09. The van der Waals surface area contributed by atoms with Crippen LogP contribution in [0.1, 0.15) is 23.2 Å². The lowest BCUT2D eigenvalue weighted by Gasteiger charge is -2.39. The van der Waals surface area contributed by atoms with E-state index in [-0.39, 0.29) is 28.1 Å². The number of carbonyl (C=O) groups excluding carboxylic acids is 3. The second kappa shape index (κ2) is 10.2. The highest BCUT2D eigenvalue weighted by Crippen LogP contribution is 2.31. The Morgan fingerprint density at radius 2 is 1.86 bits per heavy atom. The molecule has 2 amide bonds. The van der Waals surface area contributed by atoms with Crippen LogP contribution in [0.5, 0.6) is 0 Å². The van der Waals surface area contributed by atoms with Crippen LogP contribution in [0.4, 0.5) is 5.69 Å². The molecule has 0 saturated carbocycles. The quantitative estimate of drug-likeness (QED) is 0.215. The van der Waals surface area contributed by atoms with Crippen LogP contribution in [0, 0.1) is 8.98 Å². The number of nitrogens with two attached hydrogens (primary N) is 1. The maximum Gasteiger partial charge on any atom is 0.299 e. The van der Waals surface area contributed by atoms with Gasteiger partial charge in [0.2, 0.25) is 5.91 Å². The Hall–Kier alpha value is -3.00. The largest absolute Gasteiger partial charge is 0.370 e. The Bertz CT molecular complexity index is 1330. The Balaban J connectivity index is 1.71. The first kappa shape index (κ1) is 26.1. The van der Waals surface area contributed by atoms with E-state index in [1.165, 1.54) is 30.1 Å². The number of Topliss-reactive ketones (excluding diaryl/α,β-unsaturated/α-hetero) is 1. The van der Waals surface area contributed by atoms with Crippen molar-refractivity contribution in [2.24, 2.45) is 5.73 Å². The van der Waals surface area contributed by atoms with E-state index < -0.39 is 39.2 Å². The number of sulfone groups is 1. The molecular formula is C24H26IN5O5S. The third-order valence-corrected chi connectivity index (χ3v) is 9.40. The van der Waals surface area contributed by atoms with Crippen molar-refractivity contribution in [2.75, 3.05) is 31.6 Å². The summed E-state index contributed by atoms with van der Waals surface area (Å²) in [5.41, 5.74) is 6.10. The molecule has 2 aromatic rings. The van der Waals surface area contributed by atoms with Gasteiger partial charge in [0, 0.05) is 29.7 Å². The van der Waals surface area contributed by atoms with E-state index in [1.54, 1.807) is 35.2 Å². The van der Waals surface area contributed by atoms with Crippen molar-refractivity contribution in [2.45, 2.75) is 29.0 Å². The maximum absolute atomic E-state index is 13.8. The van der Waals surface area contributed by atoms with Crippen molar-refractivity contribution < 1.29 is 22.8 Å². The Labute approximate surface area is 223 Å². The summed E-state index contributed by atoms with van der Waals surface area (Å²) in [6.45, 7) is 0.388. The lowest BCUT2D eigenvalue weighted by atomic mass is 10.0. The third kappa shape index (κ3) is 4.83. The Morgan fingerprint density at radius 3 is 2.53 bits per heavy atom. The fraction of sp³-hybridized carbons (Fsp3) is 0.333. The number of para-hydroxylation sites is 1. The van der Waals surface area contributed by atoms with Crippen LogP contribution in [0.25, 0.3) is 0 Å². The van der Waals surface area contributed by atoms with E-state index in [0.29, 0.717) is 25.9 Å². The summed E-state index contributed by atoms with van der Waals surface area (Å²) in [4.78, 5) is 43.2. The number of fused-ring (bicyclic) bond motifs is 1. The predicted molar refractivity (Wildman–Crippen MR) is 143 cm³/mol. The molecule has 0 aliphatic carbocycles. The van der Waals surface area contributed by atoms with Crippen molar-refractivity contribution >= 4 is 61.7 Å². The van der Waals surface area contributed by atoms with Crippen LogP contribution >= 0.6 is 22.6 Å². The number of rotatable bonds is 6.